The van der Waals surface area contributed by atoms with E-state index in [4.69, 9.17) is 5.73 Å². The summed E-state index contributed by atoms with van der Waals surface area (Å²) < 4.78 is 0. The fourth-order valence-corrected chi connectivity index (χ4v) is 2.20. The number of aryl methyl sites for hydroxylation is 2. The minimum atomic E-state index is 0.0827. The average molecular weight is 241 g/mol. The molecular formula is C15H19N3. The van der Waals surface area contributed by atoms with Crippen LogP contribution < -0.4 is 11.1 Å². The maximum atomic E-state index is 6.01. The fraction of sp³-hybridized carbons (Fsp3) is 0.267. The summed E-state index contributed by atoms with van der Waals surface area (Å²) in [6.45, 7) is 4.15. The van der Waals surface area contributed by atoms with E-state index in [1.54, 1.807) is 6.20 Å². The molecule has 0 radical (unpaired) electrons. The second-order valence-electron chi connectivity index (χ2n) is 4.56. The lowest BCUT2D eigenvalue weighted by Gasteiger charge is -2.20. The van der Waals surface area contributed by atoms with Crippen molar-refractivity contribution in [2.45, 2.75) is 19.9 Å². The lowest BCUT2D eigenvalue weighted by Crippen LogP contribution is -2.20. The number of aromatic nitrogens is 1. The van der Waals surface area contributed by atoms with Crippen LogP contribution in [0.1, 0.15) is 28.3 Å². The number of nitrogen functional groups attached to an aromatic ring is 1. The molecule has 1 heterocycles. The van der Waals surface area contributed by atoms with E-state index in [1.165, 1.54) is 11.1 Å². The highest BCUT2D eigenvalue weighted by molar-refractivity contribution is 5.50. The Balaban J connectivity index is 2.48. The quantitative estimate of drug-likeness (QED) is 0.868. The molecule has 0 aliphatic rings. The highest BCUT2D eigenvalue weighted by atomic mass is 14.9. The Labute approximate surface area is 108 Å². The van der Waals surface area contributed by atoms with Gasteiger partial charge in [-0.15, -0.1) is 0 Å². The molecule has 0 bridgehead atoms. The van der Waals surface area contributed by atoms with Gasteiger partial charge < -0.3 is 11.1 Å². The van der Waals surface area contributed by atoms with Crippen molar-refractivity contribution in [1.82, 2.24) is 10.3 Å². The van der Waals surface area contributed by atoms with Gasteiger partial charge in [-0.3, -0.25) is 0 Å². The molecule has 1 unspecified atom stereocenters. The number of anilines is 1. The van der Waals surface area contributed by atoms with E-state index in [0.29, 0.717) is 5.82 Å². The maximum Gasteiger partial charge on any atom is 0.128 e. The molecule has 0 saturated carbocycles. The predicted octanol–water partition coefficient (Wildman–Crippen LogP) is 2.59. The monoisotopic (exact) mass is 241 g/mol. The Morgan fingerprint density at radius 3 is 2.33 bits per heavy atom. The number of nitrogens with one attached hydrogen (secondary N) is 1. The van der Waals surface area contributed by atoms with Crippen LogP contribution in [0.5, 0.6) is 0 Å². The molecule has 2 rings (SSSR count). The number of hydrogen-bond donors (Lipinski definition) is 2. The topological polar surface area (TPSA) is 50.9 Å². The Morgan fingerprint density at radius 1 is 1.11 bits per heavy atom. The van der Waals surface area contributed by atoms with Crippen LogP contribution in [-0.2, 0) is 0 Å². The van der Waals surface area contributed by atoms with Gasteiger partial charge in [0.05, 0.1) is 6.04 Å². The predicted molar refractivity (Wildman–Crippen MR) is 75.5 cm³/mol. The molecule has 1 aromatic heterocycles. The summed E-state index contributed by atoms with van der Waals surface area (Å²) in [7, 11) is 1.94. The third-order valence-corrected chi connectivity index (χ3v) is 3.23. The highest BCUT2D eigenvalue weighted by Crippen LogP contribution is 2.28. The van der Waals surface area contributed by atoms with E-state index < -0.39 is 0 Å². The number of nitrogens with two attached hydrogens (primary N) is 1. The zero-order valence-electron chi connectivity index (χ0n) is 11.1. The molecule has 0 fully saturated rings. The van der Waals surface area contributed by atoms with Gasteiger partial charge in [0.15, 0.2) is 0 Å². The molecule has 1 aromatic carbocycles. The van der Waals surface area contributed by atoms with Crippen LogP contribution in [0.25, 0.3) is 0 Å². The molecule has 94 valence electrons. The number of benzene rings is 1. The van der Waals surface area contributed by atoms with E-state index >= 15 is 0 Å². The summed E-state index contributed by atoms with van der Waals surface area (Å²) in [6.07, 6.45) is 1.75. The third kappa shape index (κ3) is 2.36. The van der Waals surface area contributed by atoms with Gasteiger partial charge in [-0.2, -0.15) is 0 Å². The third-order valence-electron chi connectivity index (χ3n) is 3.23. The SMILES string of the molecule is CNC(c1ccc(C)cc1)c1c(C)ccnc1N. The molecule has 3 N–H and O–H groups in total. The summed E-state index contributed by atoms with van der Waals surface area (Å²) in [5.74, 6) is 0.593. The van der Waals surface area contributed by atoms with Gasteiger partial charge in [0.25, 0.3) is 0 Å². The minimum absolute atomic E-state index is 0.0827. The number of nitrogens with zero attached hydrogens (tertiary/aromatic N) is 1. The first-order valence-electron chi connectivity index (χ1n) is 6.08. The van der Waals surface area contributed by atoms with Crippen molar-refractivity contribution in [3.8, 4) is 0 Å². The van der Waals surface area contributed by atoms with Gasteiger partial charge in [0, 0.05) is 11.8 Å². The Kier molecular flexibility index (Phi) is 3.63. The molecule has 0 aliphatic carbocycles. The number of pyridine rings is 1. The average Bonchev–Trinajstić information content (AvgIpc) is 2.35. The highest BCUT2D eigenvalue weighted by Gasteiger charge is 2.17. The van der Waals surface area contributed by atoms with E-state index in [0.717, 1.165) is 11.1 Å². The smallest absolute Gasteiger partial charge is 0.128 e. The molecule has 0 aliphatic heterocycles. The first-order chi connectivity index (χ1) is 8.63. The molecule has 3 heteroatoms. The van der Waals surface area contributed by atoms with Gasteiger partial charge >= 0.3 is 0 Å². The zero-order valence-corrected chi connectivity index (χ0v) is 11.1. The van der Waals surface area contributed by atoms with Gasteiger partial charge in [-0.1, -0.05) is 29.8 Å². The van der Waals surface area contributed by atoms with Crippen molar-refractivity contribution < 1.29 is 0 Å². The Morgan fingerprint density at radius 2 is 1.78 bits per heavy atom. The molecular weight excluding hydrogens is 222 g/mol. The first-order valence-corrected chi connectivity index (χ1v) is 6.08. The van der Waals surface area contributed by atoms with Crippen LogP contribution in [0, 0.1) is 13.8 Å². The molecule has 0 saturated heterocycles. The summed E-state index contributed by atoms with van der Waals surface area (Å²) in [5.41, 5.74) is 10.7. The van der Waals surface area contributed by atoms with Crippen molar-refractivity contribution in [2.24, 2.45) is 0 Å². The Bertz CT molecular complexity index is 512. The first kappa shape index (κ1) is 12.6. The maximum absolute atomic E-state index is 6.01. The van der Waals surface area contributed by atoms with Gasteiger partial charge in [0.2, 0.25) is 0 Å². The van der Waals surface area contributed by atoms with Crippen LogP contribution in [0.2, 0.25) is 0 Å². The van der Waals surface area contributed by atoms with Gasteiger partial charge in [-0.25, -0.2) is 4.98 Å². The summed E-state index contributed by atoms with van der Waals surface area (Å²) in [6, 6.07) is 10.6. The van der Waals surface area contributed by atoms with Crippen molar-refractivity contribution in [2.75, 3.05) is 12.8 Å². The minimum Gasteiger partial charge on any atom is -0.383 e. The van der Waals surface area contributed by atoms with Crippen LogP contribution in [0.3, 0.4) is 0 Å². The van der Waals surface area contributed by atoms with Crippen LogP contribution >= 0.6 is 0 Å². The van der Waals surface area contributed by atoms with Crippen molar-refractivity contribution in [3.63, 3.8) is 0 Å². The van der Waals surface area contributed by atoms with Crippen LogP contribution in [-0.4, -0.2) is 12.0 Å². The van der Waals surface area contributed by atoms with Crippen molar-refractivity contribution in [1.29, 1.82) is 0 Å². The van der Waals surface area contributed by atoms with Crippen LogP contribution in [0.15, 0.2) is 36.5 Å². The molecule has 2 aromatic rings. The van der Waals surface area contributed by atoms with E-state index in [-0.39, 0.29) is 6.04 Å². The second-order valence-corrected chi connectivity index (χ2v) is 4.56. The number of rotatable bonds is 3. The second kappa shape index (κ2) is 5.19. The van der Waals surface area contributed by atoms with E-state index in [2.05, 4.69) is 48.4 Å². The molecule has 3 nitrogen and oxygen atoms in total. The Hall–Kier alpha value is -1.87. The molecule has 0 amide bonds. The number of hydrogen-bond acceptors (Lipinski definition) is 3. The van der Waals surface area contributed by atoms with E-state index in [9.17, 15) is 0 Å². The zero-order chi connectivity index (χ0) is 13.1. The largest absolute Gasteiger partial charge is 0.383 e. The molecule has 18 heavy (non-hydrogen) atoms. The van der Waals surface area contributed by atoms with Gasteiger partial charge in [0.1, 0.15) is 5.82 Å². The standard InChI is InChI=1S/C15H19N3/c1-10-4-6-12(7-5-10)14(17-3)13-11(2)8-9-18-15(13)16/h4-9,14,17H,1-3H3,(H2,16,18). The summed E-state index contributed by atoms with van der Waals surface area (Å²) in [4.78, 5) is 4.19. The lowest BCUT2D eigenvalue weighted by molar-refractivity contribution is 0.687. The summed E-state index contributed by atoms with van der Waals surface area (Å²) >= 11 is 0. The van der Waals surface area contributed by atoms with E-state index in [1.807, 2.05) is 13.1 Å². The lowest BCUT2D eigenvalue weighted by atomic mass is 9.95. The van der Waals surface area contributed by atoms with Crippen molar-refractivity contribution >= 4 is 5.82 Å². The summed E-state index contributed by atoms with van der Waals surface area (Å²) in [5, 5.41) is 3.32. The van der Waals surface area contributed by atoms with Gasteiger partial charge in [-0.05, 0) is 38.1 Å². The van der Waals surface area contributed by atoms with Crippen molar-refractivity contribution in [3.05, 3.63) is 58.8 Å². The molecule has 1 atom stereocenters. The van der Waals surface area contributed by atoms with Crippen LogP contribution in [0.4, 0.5) is 5.82 Å². The normalized spacial score (nSPS) is 12.4. The fourth-order valence-electron chi connectivity index (χ4n) is 2.20. The molecule has 0 spiro atoms.